The summed E-state index contributed by atoms with van der Waals surface area (Å²) in [5, 5.41) is 9.35. The Labute approximate surface area is 222 Å². The fraction of sp³-hybridized carbons (Fsp3) is 0.345. The first-order chi connectivity index (χ1) is 18.2. The number of hydrogen-bond acceptors (Lipinski definition) is 6. The van der Waals surface area contributed by atoms with Crippen LogP contribution in [0.25, 0.3) is 21.8 Å². The number of benzene rings is 2. The molecule has 1 aliphatic rings. The molecule has 1 saturated heterocycles. The fourth-order valence-electron chi connectivity index (χ4n) is 4.93. The SMILES string of the molecule is O=C(NCCCN1CCN(CCCNc2ccnc3cc(Cl)ccc23)CC1)c1ccnc2ccccc12. The van der Waals surface area contributed by atoms with E-state index in [-0.39, 0.29) is 5.91 Å². The van der Waals surface area contributed by atoms with Crippen LogP contribution in [0.3, 0.4) is 0 Å². The van der Waals surface area contributed by atoms with Gasteiger partial charge in [0.15, 0.2) is 0 Å². The Bertz CT molecular complexity index is 1350. The average molecular weight is 517 g/mol. The second-order valence-corrected chi connectivity index (χ2v) is 9.91. The smallest absolute Gasteiger partial charge is 0.252 e. The van der Waals surface area contributed by atoms with Gasteiger partial charge in [-0.1, -0.05) is 29.8 Å². The minimum absolute atomic E-state index is 0.0272. The van der Waals surface area contributed by atoms with Crippen LogP contribution in [0.1, 0.15) is 23.2 Å². The maximum Gasteiger partial charge on any atom is 0.252 e. The van der Waals surface area contributed by atoms with Crippen molar-refractivity contribution in [3.05, 3.63) is 77.6 Å². The van der Waals surface area contributed by atoms with E-state index >= 15 is 0 Å². The van der Waals surface area contributed by atoms with Crippen LogP contribution in [0, 0.1) is 0 Å². The third-order valence-corrected chi connectivity index (χ3v) is 7.20. The van der Waals surface area contributed by atoms with Crippen LogP contribution in [-0.4, -0.2) is 78.0 Å². The van der Waals surface area contributed by atoms with Crippen molar-refractivity contribution in [1.29, 1.82) is 0 Å². The number of nitrogens with zero attached hydrogens (tertiary/aromatic N) is 4. The Morgan fingerprint density at radius 1 is 0.811 bits per heavy atom. The lowest BCUT2D eigenvalue weighted by Gasteiger charge is -2.34. The first-order valence-corrected chi connectivity index (χ1v) is 13.4. The molecule has 0 saturated carbocycles. The number of anilines is 1. The summed E-state index contributed by atoms with van der Waals surface area (Å²) in [6.45, 7) is 8.03. The summed E-state index contributed by atoms with van der Waals surface area (Å²) in [6.07, 6.45) is 5.56. The van der Waals surface area contributed by atoms with E-state index in [0.717, 1.165) is 86.1 Å². The summed E-state index contributed by atoms with van der Waals surface area (Å²) in [5.41, 5.74) is 3.56. The maximum absolute atomic E-state index is 12.7. The summed E-state index contributed by atoms with van der Waals surface area (Å²) in [6, 6.07) is 17.4. The Hall–Kier alpha value is -3.26. The van der Waals surface area contributed by atoms with E-state index in [1.54, 1.807) is 12.3 Å². The number of hydrogen-bond donors (Lipinski definition) is 2. The summed E-state index contributed by atoms with van der Waals surface area (Å²) in [5.74, 6) is -0.0272. The van der Waals surface area contributed by atoms with Crippen LogP contribution in [0.15, 0.2) is 67.0 Å². The monoisotopic (exact) mass is 516 g/mol. The topological polar surface area (TPSA) is 73.4 Å². The molecule has 0 spiro atoms. The number of nitrogens with one attached hydrogen (secondary N) is 2. The predicted octanol–water partition coefficient (Wildman–Crippen LogP) is 4.68. The first kappa shape index (κ1) is 25.4. The number of para-hydroxylation sites is 1. The van der Waals surface area contributed by atoms with Crippen LogP contribution >= 0.6 is 11.6 Å². The molecule has 1 amide bonds. The summed E-state index contributed by atoms with van der Waals surface area (Å²) in [7, 11) is 0. The molecule has 7 nitrogen and oxygen atoms in total. The van der Waals surface area contributed by atoms with Crippen LogP contribution in [-0.2, 0) is 0 Å². The number of carbonyl (C=O) groups excluding carboxylic acids is 1. The molecule has 0 atom stereocenters. The molecule has 0 bridgehead atoms. The zero-order chi connectivity index (χ0) is 25.5. The van der Waals surface area contributed by atoms with Gasteiger partial charge in [0.05, 0.1) is 16.6 Å². The van der Waals surface area contributed by atoms with Gasteiger partial charge in [0.25, 0.3) is 5.91 Å². The van der Waals surface area contributed by atoms with Gasteiger partial charge >= 0.3 is 0 Å². The van der Waals surface area contributed by atoms with Crippen molar-refractivity contribution in [2.75, 3.05) is 57.7 Å². The standard InChI is InChI=1S/C29H33ClN6O/c30-22-7-8-25-27(10-14-33-28(25)21-22)31-11-3-15-35-17-19-36(20-18-35)16-4-12-34-29(37)24-9-13-32-26-6-2-1-5-23(24)26/h1-2,5-10,13-14,21H,3-4,11-12,15-20H2,(H,31,33)(H,34,37). The van der Waals surface area contributed by atoms with E-state index < -0.39 is 0 Å². The van der Waals surface area contributed by atoms with Gasteiger partial charge in [-0.3, -0.25) is 14.8 Å². The van der Waals surface area contributed by atoms with E-state index in [4.69, 9.17) is 11.6 Å². The summed E-state index contributed by atoms with van der Waals surface area (Å²) in [4.78, 5) is 26.5. The molecule has 192 valence electrons. The molecule has 1 fully saturated rings. The van der Waals surface area contributed by atoms with Gasteiger partial charge in [-0.05, 0) is 62.3 Å². The molecule has 5 rings (SSSR count). The van der Waals surface area contributed by atoms with Crippen molar-refractivity contribution < 1.29 is 4.79 Å². The molecular weight excluding hydrogens is 484 g/mol. The zero-order valence-corrected chi connectivity index (χ0v) is 21.8. The van der Waals surface area contributed by atoms with Crippen molar-refractivity contribution in [3.8, 4) is 0 Å². The second kappa shape index (κ2) is 12.3. The van der Waals surface area contributed by atoms with Crippen LogP contribution < -0.4 is 10.6 Å². The van der Waals surface area contributed by atoms with E-state index in [0.29, 0.717) is 17.1 Å². The van der Waals surface area contributed by atoms with Gasteiger partial charge in [-0.15, -0.1) is 0 Å². The molecule has 37 heavy (non-hydrogen) atoms. The quantitative estimate of drug-likeness (QED) is 0.298. The van der Waals surface area contributed by atoms with Crippen LogP contribution in [0.2, 0.25) is 5.02 Å². The fourth-order valence-corrected chi connectivity index (χ4v) is 5.10. The molecule has 2 aromatic carbocycles. The molecule has 4 aromatic rings. The van der Waals surface area contributed by atoms with Crippen molar-refractivity contribution in [1.82, 2.24) is 25.1 Å². The van der Waals surface area contributed by atoms with E-state index in [1.807, 2.05) is 54.7 Å². The molecule has 3 heterocycles. The Morgan fingerprint density at radius 3 is 2.32 bits per heavy atom. The zero-order valence-electron chi connectivity index (χ0n) is 21.0. The Balaban J connectivity index is 0.974. The third kappa shape index (κ3) is 6.55. The molecule has 8 heteroatoms. The van der Waals surface area contributed by atoms with Crippen molar-refractivity contribution in [2.24, 2.45) is 0 Å². The number of aromatic nitrogens is 2. The van der Waals surface area contributed by atoms with Gasteiger partial charge in [0, 0.05) is 73.1 Å². The van der Waals surface area contributed by atoms with Crippen LogP contribution in [0.4, 0.5) is 5.69 Å². The average Bonchev–Trinajstić information content (AvgIpc) is 2.93. The number of carbonyl (C=O) groups is 1. The first-order valence-electron chi connectivity index (χ1n) is 13.0. The minimum atomic E-state index is -0.0272. The summed E-state index contributed by atoms with van der Waals surface area (Å²) >= 11 is 6.09. The summed E-state index contributed by atoms with van der Waals surface area (Å²) < 4.78 is 0. The highest BCUT2D eigenvalue weighted by atomic mass is 35.5. The number of amides is 1. The number of fused-ring (bicyclic) bond motifs is 2. The normalized spacial score (nSPS) is 14.7. The van der Waals surface area contributed by atoms with Gasteiger partial charge in [-0.2, -0.15) is 0 Å². The highest BCUT2D eigenvalue weighted by molar-refractivity contribution is 6.31. The molecular formula is C29H33ClN6O. The van der Waals surface area contributed by atoms with Crippen molar-refractivity contribution >= 4 is 45.0 Å². The molecule has 2 N–H and O–H groups in total. The lowest BCUT2D eigenvalue weighted by molar-refractivity contribution is 0.0949. The largest absolute Gasteiger partial charge is 0.384 e. The van der Waals surface area contributed by atoms with Gasteiger partial charge < -0.3 is 20.4 Å². The van der Waals surface area contributed by atoms with Gasteiger partial charge in [0.1, 0.15) is 0 Å². The van der Waals surface area contributed by atoms with Gasteiger partial charge in [-0.25, -0.2) is 0 Å². The lowest BCUT2D eigenvalue weighted by Crippen LogP contribution is -2.47. The molecule has 0 aliphatic carbocycles. The van der Waals surface area contributed by atoms with E-state index in [2.05, 4.69) is 30.4 Å². The maximum atomic E-state index is 12.7. The van der Waals surface area contributed by atoms with E-state index in [1.165, 1.54) is 0 Å². The Morgan fingerprint density at radius 2 is 1.51 bits per heavy atom. The Kier molecular flexibility index (Phi) is 8.46. The lowest BCUT2D eigenvalue weighted by atomic mass is 10.1. The number of piperazine rings is 1. The highest BCUT2D eigenvalue weighted by Crippen LogP contribution is 2.24. The predicted molar refractivity (Wildman–Crippen MR) is 151 cm³/mol. The number of rotatable bonds is 10. The number of pyridine rings is 2. The molecule has 2 aromatic heterocycles. The van der Waals surface area contributed by atoms with Crippen molar-refractivity contribution in [3.63, 3.8) is 0 Å². The second-order valence-electron chi connectivity index (χ2n) is 9.47. The molecule has 0 unspecified atom stereocenters. The van der Waals surface area contributed by atoms with E-state index in [9.17, 15) is 4.79 Å². The molecule has 0 radical (unpaired) electrons. The van der Waals surface area contributed by atoms with Crippen LogP contribution in [0.5, 0.6) is 0 Å². The third-order valence-electron chi connectivity index (χ3n) is 6.97. The van der Waals surface area contributed by atoms with Crippen molar-refractivity contribution in [2.45, 2.75) is 12.8 Å². The minimum Gasteiger partial charge on any atom is -0.384 e. The van der Waals surface area contributed by atoms with Gasteiger partial charge in [0.2, 0.25) is 0 Å². The highest BCUT2D eigenvalue weighted by Gasteiger charge is 2.16. The number of halogens is 1. The molecule has 1 aliphatic heterocycles.